The predicted octanol–water partition coefficient (Wildman–Crippen LogP) is 2.71. The highest BCUT2D eigenvalue weighted by Crippen LogP contribution is 2.28. The predicted molar refractivity (Wildman–Crippen MR) is 69.6 cm³/mol. The molecule has 2 amide bonds. The standard InChI is InChI=1S/C11H13Cl2N3O/c1-14-6-15(2)11(17)16(7-14)8-3-4-9(12)10(13)5-8/h3-5H,6-7H2,1-2H3. The van der Waals surface area contributed by atoms with E-state index < -0.39 is 0 Å². The Bertz CT molecular complexity index is 452. The van der Waals surface area contributed by atoms with Crippen LogP contribution in [0.3, 0.4) is 0 Å². The van der Waals surface area contributed by atoms with Gasteiger partial charge in [0.1, 0.15) is 0 Å². The van der Waals surface area contributed by atoms with Crippen LogP contribution in [0, 0.1) is 0 Å². The number of urea groups is 1. The third kappa shape index (κ3) is 2.49. The molecule has 2 rings (SSSR count). The Labute approximate surface area is 110 Å². The minimum absolute atomic E-state index is 0.0403. The maximum Gasteiger partial charge on any atom is 0.326 e. The van der Waals surface area contributed by atoms with Crippen LogP contribution < -0.4 is 4.90 Å². The average Bonchev–Trinajstić information content (AvgIpc) is 2.27. The summed E-state index contributed by atoms with van der Waals surface area (Å²) < 4.78 is 0. The molecule has 0 aliphatic carbocycles. The summed E-state index contributed by atoms with van der Waals surface area (Å²) in [6.45, 7) is 1.16. The van der Waals surface area contributed by atoms with Crippen LogP contribution in [0.25, 0.3) is 0 Å². The largest absolute Gasteiger partial charge is 0.326 e. The van der Waals surface area contributed by atoms with Crippen molar-refractivity contribution in [2.75, 3.05) is 32.3 Å². The molecule has 4 nitrogen and oxygen atoms in total. The zero-order valence-corrected chi connectivity index (χ0v) is 11.2. The topological polar surface area (TPSA) is 26.8 Å². The van der Waals surface area contributed by atoms with Gasteiger partial charge in [0.2, 0.25) is 0 Å². The van der Waals surface area contributed by atoms with Gasteiger partial charge in [0, 0.05) is 12.7 Å². The summed E-state index contributed by atoms with van der Waals surface area (Å²) in [5.41, 5.74) is 0.753. The quantitative estimate of drug-likeness (QED) is 0.787. The van der Waals surface area contributed by atoms with Crippen molar-refractivity contribution in [1.29, 1.82) is 0 Å². The van der Waals surface area contributed by atoms with E-state index in [2.05, 4.69) is 0 Å². The number of amides is 2. The molecule has 0 saturated carbocycles. The zero-order valence-electron chi connectivity index (χ0n) is 9.65. The second kappa shape index (κ2) is 4.72. The van der Waals surface area contributed by atoms with Crippen LogP contribution in [0.5, 0.6) is 0 Å². The molecule has 0 aromatic heterocycles. The molecule has 1 heterocycles. The van der Waals surface area contributed by atoms with Gasteiger partial charge in [-0.2, -0.15) is 0 Å². The molecule has 1 saturated heterocycles. The van der Waals surface area contributed by atoms with Crippen LogP contribution in [0.15, 0.2) is 18.2 Å². The summed E-state index contributed by atoms with van der Waals surface area (Å²) in [5, 5.41) is 0.939. The molecule has 1 aliphatic rings. The van der Waals surface area contributed by atoms with Crippen LogP contribution >= 0.6 is 23.2 Å². The van der Waals surface area contributed by atoms with Crippen molar-refractivity contribution in [3.8, 4) is 0 Å². The van der Waals surface area contributed by atoms with Crippen molar-refractivity contribution in [2.24, 2.45) is 0 Å². The molecular weight excluding hydrogens is 261 g/mol. The average molecular weight is 274 g/mol. The molecule has 17 heavy (non-hydrogen) atoms. The monoisotopic (exact) mass is 273 g/mol. The highest BCUT2D eigenvalue weighted by atomic mass is 35.5. The number of halogens is 2. The van der Waals surface area contributed by atoms with E-state index in [-0.39, 0.29) is 6.03 Å². The van der Waals surface area contributed by atoms with Gasteiger partial charge >= 0.3 is 6.03 Å². The summed E-state index contributed by atoms with van der Waals surface area (Å²) in [6.07, 6.45) is 0. The molecule has 0 atom stereocenters. The lowest BCUT2D eigenvalue weighted by Crippen LogP contribution is -2.55. The first-order chi connectivity index (χ1) is 7.99. The molecule has 6 heteroatoms. The molecule has 1 aromatic rings. The highest BCUT2D eigenvalue weighted by molar-refractivity contribution is 6.42. The lowest BCUT2D eigenvalue weighted by atomic mass is 10.3. The molecule has 1 aromatic carbocycles. The minimum Gasteiger partial charge on any atom is -0.314 e. The third-order valence-electron chi connectivity index (χ3n) is 2.61. The minimum atomic E-state index is -0.0403. The third-order valence-corrected chi connectivity index (χ3v) is 3.35. The highest BCUT2D eigenvalue weighted by Gasteiger charge is 2.27. The molecule has 0 unspecified atom stereocenters. The van der Waals surface area contributed by atoms with E-state index in [1.54, 1.807) is 35.0 Å². The Kier molecular flexibility index (Phi) is 3.47. The first-order valence-corrected chi connectivity index (χ1v) is 5.91. The van der Waals surface area contributed by atoms with Crippen molar-refractivity contribution >= 4 is 34.9 Å². The van der Waals surface area contributed by atoms with Gasteiger partial charge in [0.25, 0.3) is 0 Å². The van der Waals surface area contributed by atoms with Gasteiger partial charge in [-0.1, -0.05) is 23.2 Å². The number of anilines is 1. The van der Waals surface area contributed by atoms with Crippen LogP contribution in [0.2, 0.25) is 10.0 Å². The van der Waals surface area contributed by atoms with E-state index in [0.717, 1.165) is 5.69 Å². The van der Waals surface area contributed by atoms with E-state index >= 15 is 0 Å². The number of benzene rings is 1. The maximum atomic E-state index is 12.0. The van der Waals surface area contributed by atoms with Crippen LogP contribution in [-0.4, -0.2) is 43.3 Å². The number of rotatable bonds is 1. The van der Waals surface area contributed by atoms with Crippen molar-refractivity contribution in [2.45, 2.75) is 0 Å². The van der Waals surface area contributed by atoms with Crippen LogP contribution in [0.4, 0.5) is 10.5 Å². The van der Waals surface area contributed by atoms with Gasteiger partial charge in [-0.05, 0) is 25.2 Å². The van der Waals surface area contributed by atoms with E-state index in [1.807, 2.05) is 11.9 Å². The molecule has 1 aliphatic heterocycles. The maximum absolute atomic E-state index is 12.0. The van der Waals surface area contributed by atoms with Gasteiger partial charge in [0.15, 0.2) is 0 Å². The smallest absolute Gasteiger partial charge is 0.314 e. The SMILES string of the molecule is CN1CN(C)C(=O)N(c2ccc(Cl)c(Cl)c2)C1. The van der Waals surface area contributed by atoms with E-state index in [1.165, 1.54) is 0 Å². The van der Waals surface area contributed by atoms with Gasteiger partial charge < -0.3 is 4.90 Å². The lowest BCUT2D eigenvalue weighted by molar-refractivity contribution is 0.149. The Hall–Kier alpha value is -0.970. The second-order valence-electron chi connectivity index (χ2n) is 4.15. The number of nitrogens with zero attached hydrogens (tertiary/aromatic N) is 3. The summed E-state index contributed by atoms with van der Waals surface area (Å²) >= 11 is 11.8. The van der Waals surface area contributed by atoms with Gasteiger partial charge in [-0.15, -0.1) is 0 Å². The Morgan fingerprint density at radius 1 is 1.12 bits per heavy atom. The van der Waals surface area contributed by atoms with E-state index in [4.69, 9.17) is 23.2 Å². The Balaban J connectivity index is 2.31. The van der Waals surface area contributed by atoms with E-state index in [0.29, 0.717) is 23.4 Å². The summed E-state index contributed by atoms with van der Waals surface area (Å²) in [6, 6.07) is 5.15. The number of carbonyl (C=O) groups is 1. The fourth-order valence-corrected chi connectivity index (χ4v) is 2.11. The molecule has 92 valence electrons. The fraction of sp³-hybridized carbons (Fsp3) is 0.364. The summed E-state index contributed by atoms with van der Waals surface area (Å²) in [5.74, 6) is 0. The molecule has 0 bridgehead atoms. The van der Waals surface area contributed by atoms with Crippen molar-refractivity contribution < 1.29 is 4.79 Å². The summed E-state index contributed by atoms with van der Waals surface area (Å²) in [4.78, 5) is 17.4. The zero-order chi connectivity index (χ0) is 12.6. The first kappa shape index (κ1) is 12.5. The normalized spacial score (nSPS) is 17.8. The fourth-order valence-electron chi connectivity index (χ4n) is 1.82. The lowest BCUT2D eigenvalue weighted by Gasteiger charge is -2.38. The van der Waals surface area contributed by atoms with Gasteiger partial charge in [0.05, 0.1) is 23.4 Å². The molecule has 1 fully saturated rings. The van der Waals surface area contributed by atoms with Crippen molar-refractivity contribution in [3.05, 3.63) is 28.2 Å². The first-order valence-electron chi connectivity index (χ1n) is 5.15. The molecule has 0 N–H and O–H groups in total. The molecular formula is C11H13Cl2N3O. The van der Waals surface area contributed by atoms with Crippen LogP contribution in [0.1, 0.15) is 0 Å². The Morgan fingerprint density at radius 3 is 2.47 bits per heavy atom. The molecule has 0 radical (unpaired) electrons. The number of carbonyl (C=O) groups excluding carboxylic acids is 1. The summed E-state index contributed by atoms with van der Waals surface area (Å²) in [7, 11) is 3.72. The second-order valence-corrected chi connectivity index (χ2v) is 4.96. The Morgan fingerprint density at radius 2 is 1.82 bits per heavy atom. The van der Waals surface area contributed by atoms with Crippen LogP contribution in [-0.2, 0) is 0 Å². The van der Waals surface area contributed by atoms with Gasteiger partial charge in [-0.25, -0.2) is 4.79 Å². The van der Waals surface area contributed by atoms with Crippen molar-refractivity contribution in [1.82, 2.24) is 9.80 Å². The number of hydrogen-bond donors (Lipinski definition) is 0. The van der Waals surface area contributed by atoms with E-state index in [9.17, 15) is 4.79 Å². The number of hydrogen-bond acceptors (Lipinski definition) is 2. The molecule has 0 spiro atoms. The van der Waals surface area contributed by atoms with Crippen molar-refractivity contribution in [3.63, 3.8) is 0 Å². The van der Waals surface area contributed by atoms with Gasteiger partial charge in [-0.3, -0.25) is 9.80 Å².